The molecule has 0 saturated carbocycles. The summed E-state index contributed by atoms with van der Waals surface area (Å²) in [6.07, 6.45) is 3.74. The topological polar surface area (TPSA) is 80.3 Å². The van der Waals surface area contributed by atoms with E-state index in [9.17, 15) is 19.8 Å². The standard InChI is InChI=1S/2C5H10O2.Ca/c2*1-2-3-4-5(6)7;/h2*2-4H2,1H3,(H,6,7);/q;;+2/p-2. The third kappa shape index (κ3) is 31.4. The van der Waals surface area contributed by atoms with Crippen LogP contribution in [0, 0.1) is 0 Å². The van der Waals surface area contributed by atoms with Crippen LogP contribution in [0.4, 0.5) is 0 Å². The second kappa shape index (κ2) is 16.6. The van der Waals surface area contributed by atoms with Crippen molar-refractivity contribution in [1.82, 2.24) is 0 Å². The van der Waals surface area contributed by atoms with Gasteiger partial charge in [-0.25, -0.2) is 0 Å². The molecule has 0 unspecified atom stereocenters. The van der Waals surface area contributed by atoms with Crippen molar-refractivity contribution in [3.8, 4) is 0 Å². The Hall–Kier alpha value is 0.200. The van der Waals surface area contributed by atoms with Crippen molar-refractivity contribution in [3.63, 3.8) is 0 Å². The first-order valence-corrected chi connectivity index (χ1v) is 4.94. The van der Waals surface area contributed by atoms with Crippen LogP contribution in [0.5, 0.6) is 0 Å². The maximum Gasteiger partial charge on any atom is 2.00 e. The maximum absolute atomic E-state index is 9.65. The molecule has 15 heavy (non-hydrogen) atoms. The molecule has 0 amide bonds. The molecule has 0 N–H and O–H groups in total. The van der Waals surface area contributed by atoms with E-state index in [1.54, 1.807) is 0 Å². The molecular formula is C10H18CaO4. The van der Waals surface area contributed by atoms with Gasteiger partial charge in [0.05, 0.1) is 0 Å². The van der Waals surface area contributed by atoms with Crippen LogP contribution in [0.25, 0.3) is 0 Å². The molecule has 0 aromatic rings. The second-order valence-corrected chi connectivity index (χ2v) is 2.95. The predicted octanol–water partition coefficient (Wildman–Crippen LogP) is -0.528. The zero-order valence-corrected chi connectivity index (χ0v) is 11.8. The Bertz CT molecular complexity index is 142. The van der Waals surface area contributed by atoms with Gasteiger partial charge in [0.2, 0.25) is 0 Å². The number of hydrogen-bond donors (Lipinski definition) is 0. The van der Waals surface area contributed by atoms with E-state index in [0.29, 0.717) is 0 Å². The van der Waals surface area contributed by atoms with Crippen molar-refractivity contribution in [3.05, 3.63) is 0 Å². The van der Waals surface area contributed by atoms with Crippen LogP contribution in [-0.2, 0) is 9.59 Å². The van der Waals surface area contributed by atoms with Gasteiger partial charge < -0.3 is 19.8 Å². The molecule has 0 saturated heterocycles. The monoisotopic (exact) mass is 242 g/mol. The Morgan fingerprint density at radius 2 is 1.13 bits per heavy atom. The molecule has 0 aliphatic heterocycles. The van der Waals surface area contributed by atoms with Gasteiger partial charge >= 0.3 is 37.7 Å². The Kier molecular flexibility index (Phi) is 22.8. The Balaban J connectivity index is -0.000000180. The van der Waals surface area contributed by atoms with Crippen molar-refractivity contribution >= 4 is 49.7 Å². The predicted molar refractivity (Wildman–Crippen MR) is 54.8 cm³/mol. The minimum Gasteiger partial charge on any atom is -0.550 e. The van der Waals surface area contributed by atoms with E-state index in [1.165, 1.54) is 0 Å². The van der Waals surface area contributed by atoms with Crippen molar-refractivity contribution in [2.75, 3.05) is 0 Å². The van der Waals surface area contributed by atoms with Crippen molar-refractivity contribution in [1.29, 1.82) is 0 Å². The van der Waals surface area contributed by atoms with Gasteiger partial charge in [0.1, 0.15) is 0 Å². The summed E-state index contributed by atoms with van der Waals surface area (Å²) in [6.45, 7) is 3.89. The van der Waals surface area contributed by atoms with E-state index >= 15 is 0 Å². The molecule has 5 heteroatoms. The fourth-order valence-electron chi connectivity index (χ4n) is 0.642. The quantitative estimate of drug-likeness (QED) is 0.587. The zero-order valence-electron chi connectivity index (χ0n) is 9.58. The van der Waals surface area contributed by atoms with E-state index in [-0.39, 0.29) is 50.6 Å². The molecule has 4 nitrogen and oxygen atoms in total. The Labute approximate surface area is 121 Å². The summed E-state index contributed by atoms with van der Waals surface area (Å²) < 4.78 is 0. The largest absolute Gasteiger partial charge is 2.00 e. The van der Waals surface area contributed by atoms with Gasteiger partial charge in [-0.05, 0) is 25.7 Å². The van der Waals surface area contributed by atoms with Gasteiger partial charge in [-0.2, -0.15) is 0 Å². The first-order valence-electron chi connectivity index (χ1n) is 4.94. The molecule has 0 rings (SSSR count). The van der Waals surface area contributed by atoms with Crippen LogP contribution in [-0.4, -0.2) is 49.7 Å². The Morgan fingerprint density at radius 3 is 1.20 bits per heavy atom. The fraction of sp³-hybridized carbons (Fsp3) is 0.800. The van der Waals surface area contributed by atoms with Gasteiger partial charge in [-0.3, -0.25) is 0 Å². The number of rotatable bonds is 6. The second-order valence-electron chi connectivity index (χ2n) is 2.95. The van der Waals surface area contributed by atoms with E-state index in [4.69, 9.17) is 0 Å². The maximum atomic E-state index is 9.65. The number of aliphatic carboxylic acids is 2. The average molecular weight is 242 g/mol. The van der Waals surface area contributed by atoms with Crippen molar-refractivity contribution < 1.29 is 19.8 Å². The third-order valence-electron chi connectivity index (χ3n) is 1.47. The minimum atomic E-state index is -0.943. The summed E-state index contributed by atoms with van der Waals surface area (Å²) >= 11 is 0. The smallest absolute Gasteiger partial charge is 0.550 e. The van der Waals surface area contributed by atoms with Gasteiger partial charge in [0.15, 0.2) is 0 Å². The summed E-state index contributed by atoms with van der Waals surface area (Å²) in [6, 6.07) is 0. The molecule has 0 spiro atoms. The summed E-state index contributed by atoms with van der Waals surface area (Å²) in [7, 11) is 0. The number of carboxylic acids is 2. The van der Waals surface area contributed by atoms with Gasteiger partial charge in [0.25, 0.3) is 0 Å². The van der Waals surface area contributed by atoms with Crippen molar-refractivity contribution in [2.45, 2.75) is 52.4 Å². The average Bonchev–Trinajstić information content (AvgIpc) is 2.12. The first-order chi connectivity index (χ1) is 6.54. The van der Waals surface area contributed by atoms with Crippen LogP contribution in [0.3, 0.4) is 0 Å². The van der Waals surface area contributed by atoms with E-state index in [0.717, 1.165) is 25.7 Å². The van der Waals surface area contributed by atoms with Gasteiger partial charge in [-0.1, -0.05) is 26.7 Å². The molecule has 0 radical (unpaired) electrons. The summed E-state index contributed by atoms with van der Waals surface area (Å²) in [5.41, 5.74) is 0. The molecule has 0 atom stereocenters. The number of unbranched alkanes of at least 4 members (excludes halogenated alkanes) is 2. The van der Waals surface area contributed by atoms with E-state index in [2.05, 4.69) is 0 Å². The van der Waals surface area contributed by atoms with E-state index < -0.39 is 11.9 Å². The number of carbonyl (C=O) groups is 2. The summed E-state index contributed by atoms with van der Waals surface area (Å²) in [5.74, 6) is -1.89. The summed E-state index contributed by atoms with van der Waals surface area (Å²) in [5, 5.41) is 19.3. The molecule has 84 valence electrons. The normalized spacial score (nSPS) is 8.13. The van der Waals surface area contributed by atoms with Gasteiger partial charge in [-0.15, -0.1) is 0 Å². The van der Waals surface area contributed by atoms with Crippen molar-refractivity contribution in [2.24, 2.45) is 0 Å². The molecule has 0 aliphatic rings. The first kappa shape index (κ1) is 20.6. The molecule has 0 bridgehead atoms. The zero-order chi connectivity index (χ0) is 11.4. The minimum absolute atomic E-state index is 0. The van der Waals surface area contributed by atoms with Gasteiger partial charge in [0, 0.05) is 11.9 Å². The molecule has 0 fully saturated rings. The Morgan fingerprint density at radius 1 is 0.867 bits per heavy atom. The number of carbonyl (C=O) groups excluding carboxylic acids is 2. The molecule has 0 heterocycles. The van der Waals surface area contributed by atoms with Crippen LogP contribution in [0.2, 0.25) is 0 Å². The van der Waals surface area contributed by atoms with Crippen LogP contribution >= 0.6 is 0 Å². The fourth-order valence-corrected chi connectivity index (χ4v) is 0.642. The SMILES string of the molecule is CCCCC(=O)[O-].CCCCC(=O)[O-].[Ca+2]. The third-order valence-corrected chi connectivity index (χ3v) is 1.47. The van der Waals surface area contributed by atoms with Crippen LogP contribution < -0.4 is 10.2 Å². The number of hydrogen-bond acceptors (Lipinski definition) is 4. The van der Waals surface area contributed by atoms with E-state index in [1.807, 2.05) is 13.8 Å². The van der Waals surface area contributed by atoms with Crippen LogP contribution in [0.1, 0.15) is 52.4 Å². The van der Waals surface area contributed by atoms with Crippen LogP contribution in [0.15, 0.2) is 0 Å². The molecule has 0 aromatic carbocycles. The molecular weight excluding hydrogens is 224 g/mol. The summed E-state index contributed by atoms with van der Waals surface area (Å²) in [4.78, 5) is 19.3. The molecule has 0 aromatic heterocycles. The molecule has 0 aliphatic carbocycles. The number of carboxylic acid groups (broad SMARTS) is 2.